The van der Waals surface area contributed by atoms with Crippen molar-refractivity contribution in [2.45, 2.75) is 60.3 Å². The molecule has 0 heteroatoms. The molecule has 0 radical (unpaired) electrons. The van der Waals surface area contributed by atoms with Gasteiger partial charge in [0.25, 0.3) is 0 Å². The van der Waals surface area contributed by atoms with Crippen LogP contribution >= 0.6 is 0 Å². The van der Waals surface area contributed by atoms with Crippen LogP contribution in [0.5, 0.6) is 0 Å². The van der Waals surface area contributed by atoms with Crippen LogP contribution in [0.1, 0.15) is 73.4 Å². The van der Waals surface area contributed by atoms with E-state index in [1.165, 1.54) is 57.4 Å². The van der Waals surface area contributed by atoms with Crippen molar-refractivity contribution in [2.75, 3.05) is 0 Å². The summed E-state index contributed by atoms with van der Waals surface area (Å²) in [5.41, 5.74) is 10.8. The fraction of sp³-hybridized carbons (Fsp3) is 0.333. The van der Waals surface area contributed by atoms with E-state index in [0.717, 1.165) is 12.8 Å². The predicted molar refractivity (Wildman–Crippen MR) is 133 cm³/mol. The zero-order valence-electron chi connectivity index (χ0n) is 19.3. The minimum Gasteiger partial charge on any atom is -0.0654 e. The normalized spacial score (nSPS) is 12.2. The van der Waals surface area contributed by atoms with Gasteiger partial charge in [0.15, 0.2) is 0 Å². The van der Waals surface area contributed by atoms with Gasteiger partial charge in [-0.1, -0.05) is 111 Å². The summed E-state index contributed by atoms with van der Waals surface area (Å²) in [4.78, 5) is 0. The molecule has 3 rings (SSSR count). The molecule has 0 heterocycles. The average molecular weight is 397 g/mol. The Kier molecular flexibility index (Phi) is 7.69. The molecule has 0 spiro atoms. The number of allylic oxidation sites excluding steroid dienone is 1. The van der Waals surface area contributed by atoms with Gasteiger partial charge >= 0.3 is 0 Å². The fourth-order valence-electron chi connectivity index (χ4n) is 4.04. The molecule has 0 aliphatic rings. The molecule has 0 aliphatic heterocycles. The van der Waals surface area contributed by atoms with Gasteiger partial charge in [0.1, 0.15) is 0 Å². The molecule has 156 valence electrons. The summed E-state index contributed by atoms with van der Waals surface area (Å²) in [6.45, 7) is 11.2. The maximum atomic E-state index is 2.33. The second-order valence-corrected chi connectivity index (χ2v) is 8.98. The Morgan fingerprint density at radius 3 is 1.60 bits per heavy atom. The van der Waals surface area contributed by atoms with Gasteiger partial charge < -0.3 is 0 Å². The monoisotopic (exact) mass is 396 g/mol. The van der Waals surface area contributed by atoms with Crippen LogP contribution in [0.4, 0.5) is 0 Å². The number of hydrogen-bond donors (Lipinski definition) is 0. The number of benzene rings is 3. The second kappa shape index (κ2) is 10.4. The largest absolute Gasteiger partial charge is 0.0654 e. The van der Waals surface area contributed by atoms with Crippen LogP contribution < -0.4 is 0 Å². The summed E-state index contributed by atoms with van der Waals surface area (Å²) in [5.74, 6) is 0.677. The molecule has 30 heavy (non-hydrogen) atoms. The Labute approximate surface area is 183 Å². The summed E-state index contributed by atoms with van der Waals surface area (Å²) < 4.78 is 0. The lowest BCUT2D eigenvalue weighted by Crippen LogP contribution is -1.98. The van der Waals surface area contributed by atoms with Gasteiger partial charge in [0, 0.05) is 0 Å². The Bertz CT molecular complexity index is 952. The van der Waals surface area contributed by atoms with Crippen molar-refractivity contribution < 1.29 is 0 Å². The van der Waals surface area contributed by atoms with Gasteiger partial charge in [-0.2, -0.15) is 0 Å². The third-order valence-electron chi connectivity index (χ3n) is 5.71. The van der Waals surface area contributed by atoms with E-state index >= 15 is 0 Å². The number of hydrogen-bond acceptors (Lipinski definition) is 0. The van der Waals surface area contributed by atoms with Crippen LogP contribution in [0.3, 0.4) is 0 Å². The Balaban J connectivity index is 2.18. The molecule has 0 atom stereocenters. The standard InChI is InChI=1S/C30H36/c1-6-7-8-29(26-15-9-23(4)10-16-26)30(27-17-11-24(5)12-18-27)28-19-13-25(14-20-28)21-22(2)3/h9-20,22H,6-8,21H2,1-5H3. The molecule has 3 aromatic carbocycles. The van der Waals surface area contributed by atoms with Crippen LogP contribution in [0.25, 0.3) is 11.1 Å². The highest BCUT2D eigenvalue weighted by molar-refractivity contribution is 5.98. The molecule has 0 N–H and O–H groups in total. The highest BCUT2D eigenvalue weighted by Gasteiger charge is 2.14. The molecule has 3 aromatic rings. The molecule has 0 nitrogen and oxygen atoms in total. The molecule has 0 saturated carbocycles. The lowest BCUT2D eigenvalue weighted by atomic mass is 9.86. The van der Waals surface area contributed by atoms with Crippen molar-refractivity contribution in [3.05, 3.63) is 106 Å². The smallest absolute Gasteiger partial charge is 0.00734 e. The number of rotatable bonds is 8. The van der Waals surface area contributed by atoms with E-state index in [0.29, 0.717) is 5.92 Å². The zero-order chi connectivity index (χ0) is 21.5. The molecule has 0 bridgehead atoms. The average Bonchev–Trinajstić information content (AvgIpc) is 2.73. The van der Waals surface area contributed by atoms with Gasteiger partial charge in [0.2, 0.25) is 0 Å². The quantitative estimate of drug-likeness (QED) is 0.334. The topological polar surface area (TPSA) is 0 Å². The molecular formula is C30H36. The summed E-state index contributed by atoms with van der Waals surface area (Å²) in [5, 5.41) is 0. The van der Waals surface area contributed by atoms with Crippen molar-refractivity contribution in [2.24, 2.45) is 5.92 Å². The summed E-state index contributed by atoms with van der Waals surface area (Å²) in [6.07, 6.45) is 4.62. The first-order valence-electron chi connectivity index (χ1n) is 11.4. The fourth-order valence-corrected chi connectivity index (χ4v) is 4.04. The maximum Gasteiger partial charge on any atom is -0.00734 e. The highest BCUT2D eigenvalue weighted by atomic mass is 14.2. The van der Waals surface area contributed by atoms with Crippen LogP contribution in [-0.4, -0.2) is 0 Å². The summed E-state index contributed by atoms with van der Waals surface area (Å²) in [6, 6.07) is 27.4. The molecule has 0 unspecified atom stereocenters. The SMILES string of the molecule is CCCCC(=C(c1ccc(C)cc1)c1ccc(CC(C)C)cc1)c1ccc(C)cc1. The van der Waals surface area contributed by atoms with Crippen LogP contribution in [-0.2, 0) is 6.42 Å². The Hall–Kier alpha value is -2.60. The van der Waals surface area contributed by atoms with E-state index in [1.807, 2.05) is 0 Å². The third-order valence-corrected chi connectivity index (χ3v) is 5.71. The Morgan fingerprint density at radius 1 is 0.667 bits per heavy atom. The molecule has 0 fully saturated rings. The van der Waals surface area contributed by atoms with Gasteiger partial charge in [-0.3, -0.25) is 0 Å². The number of aryl methyl sites for hydroxylation is 2. The Morgan fingerprint density at radius 2 is 1.13 bits per heavy atom. The minimum absolute atomic E-state index is 0.677. The van der Waals surface area contributed by atoms with Crippen molar-refractivity contribution >= 4 is 11.1 Å². The van der Waals surface area contributed by atoms with E-state index in [2.05, 4.69) is 107 Å². The minimum atomic E-state index is 0.677. The zero-order valence-corrected chi connectivity index (χ0v) is 19.3. The predicted octanol–water partition coefficient (Wildman–Crippen LogP) is 8.65. The van der Waals surface area contributed by atoms with Crippen molar-refractivity contribution in [3.8, 4) is 0 Å². The van der Waals surface area contributed by atoms with Crippen LogP contribution in [0.2, 0.25) is 0 Å². The molecule has 0 aliphatic carbocycles. The lowest BCUT2D eigenvalue weighted by molar-refractivity contribution is 0.647. The lowest BCUT2D eigenvalue weighted by Gasteiger charge is -2.18. The maximum absolute atomic E-state index is 2.33. The summed E-state index contributed by atoms with van der Waals surface area (Å²) in [7, 11) is 0. The molecule has 0 amide bonds. The first-order valence-corrected chi connectivity index (χ1v) is 11.4. The van der Waals surface area contributed by atoms with E-state index in [-0.39, 0.29) is 0 Å². The van der Waals surface area contributed by atoms with E-state index in [4.69, 9.17) is 0 Å². The number of unbranched alkanes of at least 4 members (excludes halogenated alkanes) is 1. The van der Waals surface area contributed by atoms with Gasteiger partial charge in [-0.15, -0.1) is 0 Å². The van der Waals surface area contributed by atoms with E-state index in [9.17, 15) is 0 Å². The summed E-state index contributed by atoms with van der Waals surface area (Å²) >= 11 is 0. The van der Waals surface area contributed by atoms with E-state index in [1.54, 1.807) is 0 Å². The van der Waals surface area contributed by atoms with Gasteiger partial charge in [0.05, 0.1) is 0 Å². The van der Waals surface area contributed by atoms with Gasteiger partial charge in [-0.25, -0.2) is 0 Å². The highest BCUT2D eigenvalue weighted by Crippen LogP contribution is 2.36. The van der Waals surface area contributed by atoms with Crippen molar-refractivity contribution in [3.63, 3.8) is 0 Å². The molecule has 0 aromatic heterocycles. The molecular weight excluding hydrogens is 360 g/mol. The van der Waals surface area contributed by atoms with E-state index < -0.39 is 0 Å². The second-order valence-electron chi connectivity index (χ2n) is 8.98. The third kappa shape index (κ3) is 5.72. The molecule has 0 saturated heterocycles. The van der Waals surface area contributed by atoms with Crippen LogP contribution in [0, 0.1) is 19.8 Å². The first-order chi connectivity index (χ1) is 14.5. The van der Waals surface area contributed by atoms with Crippen molar-refractivity contribution in [1.29, 1.82) is 0 Å². The van der Waals surface area contributed by atoms with Gasteiger partial charge in [-0.05, 0) is 72.4 Å². The van der Waals surface area contributed by atoms with Crippen molar-refractivity contribution in [1.82, 2.24) is 0 Å². The first kappa shape index (κ1) is 22.1. The van der Waals surface area contributed by atoms with Crippen LogP contribution in [0.15, 0.2) is 72.8 Å².